The lowest BCUT2D eigenvalue weighted by Crippen LogP contribution is -2.02. The van der Waals surface area contributed by atoms with E-state index in [4.69, 9.17) is 9.63 Å². The summed E-state index contributed by atoms with van der Waals surface area (Å²) in [7, 11) is 0. The molecule has 0 aliphatic carbocycles. The second-order valence-corrected chi connectivity index (χ2v) is 4.89. The van der Waals surface area contributed by atoms with E-state index in [0.29, 0.717) is 5.69 Å². The Morgan fingerprint density at radius 1 is 1.32 bits per heavy atom. The summed E-state index contributed by atoms with van der Waals surface area (Å²) in [5.74, 6) is -0.149. The summed E-state index contributed by atoms with van der Waals surface area (Å²) in [6.07, 6.45) is 8.56. The number of nitrogens with zero attached hydrogens (tertiary/aromatic N) is 1. The van der Waals surface area contributed by atoms with E-state index < -0.39 is 5.97 Å². The number of carboxylic acid groups (broad SMARTS) is 1. The topological polar surface area (TPSA) is 63.3 Å². The fourth-order valence-corrected chi connectivity index (χ4v) is 1.93. The molecule has 1 N–H and O–H groups in total. The lowest BCUT2D eigenvalue weighted by atomic mass is 10.1. The van der Waals surface area contributed by atoms with Gasteiger partial charge in [-0.15, -0.1) is 0 Å². The molecular formula is C15H23NO3. The van der Waals surface area contributed by atoms with Crippen LogP contribution in [0.5, 0.6) is 0 Å². The van der Waals surface area contributed by atoms with E-state index in [2.05, 4.69) is 18.7 Å². The predicted molar refractivity (Wildman–Crippen MR) is 74.1 cm³/mol. The highest BCUT2D eigenvalue weighted by Crippen LogP contribution is 2.13. The first-order chi connectivity index (χ1) is 9.13. The number of hydrogen-bond donors (Lipinski definition) is 1. The van der Waals surface area contributed by atoms with E-state index in [1.54, 1.807) is 0 Å². The quantitative estimate of drug-likeness (QED) is 0.517. The molecule has 4 heteroatoms. The van der Waals surface area contributed by atoms with Crippen molar-refractivity contribution in [3.05, 3.63) is 29.7 Å². The fraction of sp³-hybridized carbons (Fsp3) is 0.600. The van der Waals surface area contributed by atoms with Crippen molar-refractivity contribution in [2.75, 3.05) is 0 Å². The van der Waals surface area contributed by atoms with E-state index in [1.807, 2.05) is 6.07 Å². The fourth-order valence-electron chi connectivity index (χ4n) is 1.93. The first-order valence-electron chi connectivity index (χ1n) is 6.99. The highest BCUT2D eigenvalue weighted by molar-refractivity contribution is 5.86. The third kappa shape index (κ3) is 6.22. The number of rotatable bonds is 10. The number of aliphatic carboxylic acids is 1. The van der Waals surface area contributed by atoms with Crippen molar-refractivity contribution in [2.45, 2.75) is 58.3 Å². The molecule has 19 heavy (non-hydrogen) atoms. The minimum absolute atomic E-state index is 0.138. The molecule has 4 nitrogen and oxygen atoms in total. The maximum absolute atomic E-state index is 10.6. The summed E-state index contributed by atoms with van der Waals surface area (Å²) in [6.45, 7) is 5.69. The molecule has 0 aromatic carbocycles. The van der Waals surface area contributed by atoms with Gasteiger partial charge in [0.2, 0.25) is 0 Å². The Balaban J connectivity index is 2.23. The van der Waals surface area contributed by atoms with Crippen LogP contribution in [0.25, 0.3) is 0 Å². The van der Waals surface area contributed by atoms with Gasteiger partial charge in [-0.05, 0) is 6.42 Å². The van der Waals surface area contributed by atoms with Crippen LogP contribution >= 0.6 is 0 Å². The normalized spacial score (nSPS) is 10.6. The standard InChI is InChI=1S/C15H23NO3/c1-3-4-5-6-7-8-9-14-11-13(16-19-14)10-12(2)15(17)18/h11H,2-10H2,1H3,(H,17,18). The Morgan fingerprint density at radius 2 is 2.00 bits per heavy atom. The third-order valence-corrected chi connectivity index (χ3v) is 3.08. The number of carboxylic acids is 1. The van der Waals surface area contributed by atoms with Crippen molar-refractivity contribution < 1.29 is 14.4 Å². The smallest absolute Gasteiger partial charge is 0.331 e. The summed E-state index contributed by atoms with van der Waals surface area (Å²) in [4.78, 5) is 10.6. The molecule has 1 aromatic heterocycles. The SMILES string of the molecule is C=C(Cc1cc(CCCCCCCC)on1)C(=O)O. The molecule has 0 radical (unpaired) electrons. The van der Waals surface area contributed by atoms with Gasteiger partial charge in [0.05, 0.1) is 5.69 Å². The predicted octanol–water partition coefficient (Wildman–Crippen LogP) is 3.76. The van der Waals surface area contributed by atoms with Gasteiger partial charge in [0.15, 0.2) is 0 Å². The molecule has 0 bridgehead atoms. The van der Waals surface area contributed by atoms with Gasteiger partial charge in [0.1, 0.15) is 5.76 Å². The Labute approximate surface area is 114 Å². The monoisotopic (exact) mass is 265 g/mol. The maximum atomic E-state index is 10.6. The molecule has 1 aromatic rings. The minimum atomic E-state index is -0.986. The average molecular weight is 265 g/mol. The summed E-state index contributed by atoms with van der Waals surface area (Å²) in [6, 6.07) is 1.83. The second-order valence-electron chi connectivity index (χ2n) is 4.89. The molecule has 0 aliphatic heterocycles. The molecule has 0 aliphatic rings. The third-order valence-electron chi connectivity index (χ3n) is 3.08. The lowest BCUT2D eigenvalue weighted by molar-refractivity contribution is -0.132. The van der Waals surface area contributed by atoms with Crippen LogP contribution in [0.3, 0.4) is 0 Å². The van der Waals surface area contributed by atoms with Gasteiger partial charge in [0.25, 0.3) is 0 Å². The largest absolute Gasteiger partial charge is 0.478 e. The molecule has 106 valence electrons. The van der Waals surface area contributed by atoms with E-state index >= 15 is 0 Å². The van der Waals surface area contributed by atoms with Crippen LogP contribution in [0.4, 0.5) is 0 Å². The zero-order valence-electron chi connectivity index (χ0n) is 11.7. The van der Waals surface area contributed by atoms with Crippen LogP contribution < -0.4 is 0 Å². The Morgan fingerprint density at radius 3 is 2.68 bits per heavy atom. The minimum Gasteiger partial charge on any atom is -0.478 e. The van der Waals surface area contributed by atoms with E-state index in [-0.39, 0.29) is 12.0 Å². The van der Waals surface area contributed by atoms with Crippen LogP contribution in [0.2, 0.25) is 0 Å². The molecule has 0 amide bonds. The number of carbonyl (C=O) groups is 1. The molecular weight excluding hydrogens is 242 g/mol. The van der Waals surface area contributed by atoms with Crippen molar-refractivity contribution in [1.82, 2.24) is 5.16 Å². The molecule has 0 saturated heterocycles. The van der Waals surface area contributed by atoms with Crippen molar-refractivity contribution >= 4 is 5.97 Å². The van der Waals surface area contributed by atoms with Gasteiger partial charge in [0, 0.05) is 24.5 Å². The Kier molecular flexibility index (Phi) is 6.93. The maximum Gasteiger partial charge on any atom is 0.331 e. The van der Waals surface area contributed by atoms with E-state index in [9.17, 15) is 4.79 Å². The van der Waals surface area contributed by atoms with Gasteiger partial charge in [-0.2, -0.15) is 0 Å². The summed E-state index contributed by atoms with van der Waals surface area (Å²) < 4.78 is 5.19. The molecule has 0 fully saturated rings. The number of hydrogen-bond acceptors (Lipinski definition) is 3. The van der Waals surface area contributed by atoms with Crippen LogP contribution in [0.15, 0.2) is 22.7 Å². The highest BCUT2D eigenvalue weighted by Gasteiger charge is 2.09. The van der Waals surface area contributed by atoms with Crippen molar-refractivity contribution in [3.8, 4) is 0 Å². The zero-order valence-corrected chi connectivity index (χ0v) is 11.7. The molecule has 0 saturated carbocycles. The van der Waals surface area contributed by atoms with Gasteiger partial charge in [-0.1, -0.05) is 50.8 Å². The molecule has 0 spiro atoms. The van der Waals surface area contributed by atoms with Gasteiger partial charge < -0.3 is 9.63 Å². The molecule has 1 rings (SSSR count). The van der Waals surface area contributed by atoms with Crippen molar-refractivity contribution in [3.63, 3.8) is 0 Å². The Hall–Kier alpha value is -1.58. The van der Waals surface area contributed by atoms with Gasteiger partial charge in [-0.3, -0.25) is 0 Å². The molecule has 0 atom stereocenters. The zero-order chi connectivity index (χ0) is 14.1. The summed E-state index contributed by atoms with van der Waals surface area (Å²) in [5.41, 5.74) is 0.785. The van der Waals surface area contributed by atoms with Gasteiger partial charge in [-0.25, -0.2) is 4.79 Å². The Bertz CT molecular complexity index is 409. The average Bonchev–Trinajstić information content (AvgIpc) is 2.81. The van der Waals surface area contributed by atoms with Crippen molar-refractivity contribution in [2.24, 2.45) is 0 Å². The number of unbranched alkanes of at least 4 members (excludes halogenated alkanes) is 5. The lowest BCUT2D eigenvalue weighted by Gasteiger charge is -1.98. The first kappa shape index (κ1) is 15.5. The highest BCUT2D eigenvalue weighted by atomic mass is 16.5. The van der Waals surface area contributed by atoms with Crippen molar-refractivity contribution in [1.29, 1.82) is 0 Å². The van der Waals surface area contributed by atoms with E-state index in [0.717, 1.165) is 18.6 Å². The van der Waals surface area contributed by atoms with Gasteiger partial charge >= 0.3 is 5.97 Å². The van der Waals surface area contributed by atoms with Crippen LogP contribution in [0.1, 0.15) is 56.9 Å². The molecule has 0 unspecified atom stereocenters. The van der Waals surface area contributed by atoms with Crippen LogP contribution in [0, 0.1) is 0 Å². The van der Waals surface area contributed by atoms with E-state index in [1.165, 1.54) is 32.1 Å². The van der Waals surface area contributed by atoms with Crippen LogP contribution in [-0.2, 0) is 17.6 Å². The van der Waals surface area contributed by atoms with Crippen LogP contribution in [-0.4, -0.2) is 16.2 Å². The number of aromatic nitrogens is 1. The summed E-state index contributed by atoms with van der Waals surface area (Å²) in [5, 5.41) is 12.6. The molecule has 1 heterocycles. The second kappa shape index (κ2) is 8.51. The summed E-state index contributed by atoms with van der Waals surface area (Å²) >= 11 is 0. The number of aryl methyl sites for hydroxylation is 1. The first-order valence-corrected chi connectivity index (χ1v) is 6.99.